The van der Waals surface area contributed by atoms with Crippen LogP contribution in [0.5, 0.6) is 11.5 Å². The standard InChI is InChI=1S/C13H13ClO4/c1-16-11-5-9(10(14)6-12(11)17-2)13(15)8-3-4-18-7-8/h3-7,13,15H,1-2H3. The van der Waals surface area contributed by atoms with Crippen LogP contribution in [0.4, 0.5) is 0 Å². The van der Waals surface area contributed by atoms with Gasteiger partial charge < -0.3 is 19.0 Å². The van der Waals surface area contributed by atoms with Crippen LogP contribution < -0.4 is 9.47 Å². The number of aliphatic hydroxyl groups excluding tert-OH is 1. The molecule has 0 spiro atoms. The predicted molar refractivity (Wildman–Crippen MR) is 67.3 cm³/mol. The lowest BCUT2D eigenvalue weighted by molar-refractivity contribution is 0.218. The Morgan fingerprint density at radius 2 is 1.89 bits per heavy atom. The molecule has 96 valence electrons. The highest BCUT2D eigenvalue weighted by molar-refractivity contribution is 6.31. The number of methoxy groups -OCH3 is 2. The summed E-state index contributed by atoms with van der Waals surface area (Å²) in [6.45, 7) is 0. The smallest absolute Gasteiger partial charge is 0.162 e. The first kappa shape index (κ1) is 12.8. The molecule has 1 atom stereocenters. The topological polar surface area (TPSA) is 51.8 Å². The number of rotatable bonds is 4. The maximum atomic E-state index is 10.2. The van der Waals surface area contributed by atoms with E-state index in [9.17, 15) is 5.11 Å². The molecule has 2 rings (SSSR count). The molecule has 1 N–H and O–H groups in total. The van der Waals surface area contributed by atoms with Crippen molar-refractivity contribution in [3.63, 3.8) is 0 Å². The van der Waals surface area contributed by atoms with Gasteiger partial charge in [-0.15, -0.1) is 0 Å². The molecular formula is C13H13ClO4. The molecule has 1 aromatic heterocycles. The minimum Gasteiger partial charge on any atom is -0.493 e. The molecular weight excluding hydrogens is 256 g/mol. The zero-order valence-corrected chi connectivity index (χ0v) is 10.8. The van der Waals surface area contributed by atoms with Gasteiger partial charge in [0.05, 0.1) is 31.8 Å². The average molecular weight is 269 g/mol. The number of ether oxygens (including phenoxy) is 2. The first-order valence-corrected chi connectivity index (χ1v) is 5.66. The van der Waals surface area contributed by atoms with Crippen LogP contribution in [0.15, 0.2) is 35.1 Å². The van der Waals surface area contributed by atoms with Crippen LogP contribution in [0.25, 0.3) is 0 Å². The van der Waals surface area contributed by atoms with Crippen LogP contribution in [0, 0.1) is 0 Å². The summed E-state index contributed by atoms with van der Waals surface area (Å²) in [7, 11) is 3.06. The molecule has 0 aliphatic carbocycles. The molecule has 1 aromatic carbocycles. The number of aliphatic hydroxyl groups is 1. The van der Waals surface area contributed by atoms with Crippen molar-refractivity contribution in [1.29, 1.82) is 0 Å². The molecule has 0 saturated heterocycles. The number of furan rings is 1. The van der Waals surface area contributed by atoms with Gasteiger partial charge in [0.1, 0.15) is 6.10 Å². The van der Waals surface area contributed by atoms with E-state index in [1.807, 2.05) is 0 Å². The average Bonchev–Trinajstić information content (AvgIpc) is 2.91. The second kappa shape index (κ2) is 5.33. The molecule has 18 heavy (non-hydrogen) atoms. The fourth-order valence-electron chi connectivity index (χ4n) is 1.69. The van der Waals surface area contributed by atoms with Crippen molar-refractivity contribution in [1.82, 2.24) is 0 Å². The summed E-state index contributed by atoms with van der Waals surface area (Å²) in [4.78, 5) is 0. The lowest BCUT2D eigenvalue weighted by atomic mass is 10.0. The first-order chi connectivity index (χ1) is 8.67. The molecule has 0 aliphatic heterocycles. The van der Waals surface area contributed by atoms with Gasteiger partial charge in [-0.05, 0) is 12.1 Å². The van der Waals surface area contributed by atoms with Crippen LogP contribution in [0.1, 0.15) is 17.2 Å². The van der Waals surface area contributed by atoms with E-state index in [-0.39, 0.29) is 0 Å². The summed E-state index contributed by atoms with van der Waals surface area (Å²) in [6, 6.07) is 4.94. The van der Waals surface area contributed by atoms with Crippen molar-refractivity contribution >= 4 is 11.6 Å². The Labute approximate surface area is 110 Å². The van der Waals surface area contributed by atoms with Gasteiger partial charge in [0, 0.05) is 17.2 Å². The third kappa shape index (κ3) is 2.30. The van der Waals surface area contributed by atoms with E-state index in [4.69, 9.17) is 25.5 Å². The fraction of sp³-hybridized carbons (Fsp3) is 0.231. The van der Waals surface area contributed by atoms with Crippen LogP contribution in [0.3, 0.4) is 0 Å². The fourth-order valence-corrected chi connectivity index (χ4v) is 1.95. The van der Waals surface area contributed by atoms with Crippen molar-refractivity contribution in [2.75, 3.05) is 14.2 Å². The quantitative estimate of drug-likeness (QED) is 0.926. The lowest BCUT2D eigenvalue weighted by Crippen LogP contribution is -2.01. The van der Waals surface area contributed by atoms with Crippen molar-refractivity contribution < 1.29 is 19.0 Å². The Balaban J connectivity index is 2.45. The Hall–Kier alpha value is -1.65. The van der Waals surface area contributed by atoms with Crippen molar-refractivity contribution in [3.05, 3.63) is 46.9 Å². The summed E-state index contributed by atoms with van der Waals surface area (Å²) in [5.74, 6) is 1.03. The molecule has 0 fully saturated rings. The highest BCUT2D eigenvalue weighted by atomic mass is 35.5. The Kier molecular flexibility index (Phi) is 3.79. The van der Waals surface area contributed by atoms with Gasteiger partial charge in [-0.25, -0.2) is 0 Å². The van der Waals surface area contributed by atoms with Crippen LogP contribution in [-0.4, -0.2) is 19.3 Å². The second-order valence-electron chi connectivity index (χ2n) is 3.69. The van der Waals surface area contributed by atoms with Gasteiger partial charge >= 0.3 is 0 Å². The highest BCUT2D eigenvalue weighted by Gasteiger charge is 2.18. The number of hydrogen-bond acceptors (Lipinski definition) is 4. The molecule has 4 nitrogen and oxygen atoms in total. The molecule has 0 saturated carbocycles. The summed E-state index contributed by atoms with van der Waals surface area (Å²) in [5, 5.41) is 10.6. The Bertz CT molecular complexity index is 522. The molecule has 1 heterocycles. The number of halogens is 1. The summed E-state index contributed by atoms with van der Waals surface area (Å²) in [5.41, 5.74) is 1.17. The maximum absolute atomic E-state index is 10.2. The summed E-state index contributed by atoms with van der Waals surface area (Å²) >= 11 is 6.12. The van der Waals surface area contributed by atoms with Crippen LogP contribution in [-0.2, 0) is 0 Å². The normalized spacial score (nSPS) is 12.2. The number of benzene rings is 1. The third-order valence-corrected chi connectivity index (χ3v) is 2.98. The summed E-state index contributed by atoms with van der Waals surface area (Å²) < 4.78 is 15.3. The molecule has 0 amide bonds. The zero-order valence-electron chi connectivity index (χ0n) is 10.0. The molecule has 0 aliphatic rings. The van der Waals surface area contributed by atoms with Crippen molar-refractivity contribution in [2.24, 2.45) is 0 Å². The van der Waals surface area contributed by atoms with Crippen molar-refractivity contribution in [3.8, 4) is 11.5 Å². The van der Waals surface area contributed by atoms with E-state index in [0.29, 0.717) is 27.6 Å². The molecule has 0 bridgehead atoms. The van der Waals surface area contributed by atoms with Crippen LogP contribution >= 0.6 is 11.6 Å². The minimum atomic E-state index is -0.865. The number of hydrogen-bond donors (Lipinski definition) is 1. The minimum absolute atomic E-state index is 0.404. The summed E-state index contributed by atoms with van der Waals surface area (Å²) in [6.07, 6.45) is 2.10. The molecule has 5 heteroatoms. The van der Waals surface area contributed by atoms with Gasteiger partial charge in [-0.3, -0.25) is 0 Å². The lowest BCUT2D eigenvalue weighted by Gasteiger charge is -2.15. The molecule has 2 aromatic rings. The van der Waals surface area contributed by atoms with Gasteiger partial charge in [0.25, 0.3) is 0 Å². The Morgan fingerprint density at radius 1 is 1.22 bits per heavy atom. The third-order valence-electron chi connectivity index (χ3n) is 2.66. The van der Waals surface area contributed by atoms with Gasteiger partial charge in [0.15, 0.2) is 11.5 Å². The SMILES string of the molecule is COc1cc(Cl)c(C(O)c2ccoc2)cc1OC. The van der Waals surface area contributed by atoms with Crippen LogP contribution in [0.2, 0.25) is 5.02 Å². The van der Waals surface area contributed by atoms with E-state index in [0.717, 1.165) is 0 Å². The van der Waals surface area contributed by atoms with E-state index in [2.05, 4.69) is 0 Å². The van der Waals surface area contributed by atoms with E-state index in [1.165, 1.54) is 26.7 Å². The zero-order chi connectivity index (χ0) is 13.1. The largest absolute Gasteiger partial charge is 0.493 e. The van der Waals surface area contributed by atoms with Gasteiger partial charge in [-0.1, -0.05) is 11.6 Å². The predicted octanol–water partition coefficient (Wildman–Crippen LogP) is 3.03. The van der Waals surface area contributed by atoms with E-state index < -0.39 is 6.10 Å². The molecule has 1 unspecified atom stereocenters. The van der Waals surface area contributed by atoms with E-state index in [1.54, 1.807) is 18.2 Å². The maximum Gasteiger partial charge on any atom is 0.162 e. The van der Waals surface area contributed by atoms with E-state index >= 15 is 0 Å². The second-order valence-corrected chi connectivity index (χ2v) is 4.10. The first-order valence-electron chi connectivity index (χ1n) is 5.29. The monoisotopic (exact) mass is 268 g/mol. The van der Waals surface area contributed by atoms with Crippen molar-refractivity contribution in [2.45, 2.75) is 6.10 Å². The van der Waals surface area contributed by atoms with Gasteiger partial charge in [0.2, 0.25) is 0 Å². The molecule has 0 radical (unpaired) electrons. The van der Waals surface area contributed by atoms with Gasteiger partial charge in [-0.2, -0.15) is 0 Å². The highest BCUT2D eigenvalue weighted by Crippen LogP contribution is 2.37. The Morgan fingerprint density at radius 3 is 2.44 bits per heavy atom.